The Morgan fingerprint density at radius 3 is 2.45 bits per heavy atom. The number of methoxy groups -OCH3 is 1. The van der Waals surface area contributed by atoms with Crippen molar-refractivity contribution in [3.05, 3.63) is 53.9 Å². The third-order valence-corrected chi connectivity index (χ3v) is 3.13. The van der Waals surface area contributed by atoms with E-state index in [4.69, 9.17) is 4.74 Å². The second-order valence-corrected chi connectivity index (χ2v) is 4.70. The Bertz CT molecular complexity index is 540. The molecule has 0 radical (unpaired) electrons. The van der Waals surface area contributed by atoms with Crippen LogP contribution in [0.3, 0.4) is 0 Å². The highest BCUT2D eigenvalue weighted by Gasteiger charge is 2.04. The van der Waals surface area contributed by atoms with Crippen LogP contribution in [0.15, 0.2) is 42.5 Å². The topological polar surface area (TPSA) is 37.4 Å². The fourth-order valence-corrected chi connectivity index (χ4v) is 2.07. The molecule has 0 saturated heterocycles. The molecule has 20 heavy (non-hydrogen) atoms. The first kappa shape index (κ1) is 14.3. The maximum absolute atomic E-state index is 5.17. The van der Waals surface area contributed by atoms with E-state index in [-0.39, 0.29) is 0 Å². The van der Waals surface area contributed by atoms with Gasteiger partial charge in [-0.05, 0) is 43.4 Å². The molecule has 0 unspecified atom stereocenters. The zero-order chi connectivity index (χ0) is 14.4. The molecule has 0 atom stereocenters. The smallest absolute Gasteiger partial charge is 0.119 e. The Morgan fingerprint density at radius 1 is 1.10 bits per heavy atom. The van der Waals surface area contributed by atoms with Crippen molar-refractivity contribution >= 4 is 5.69 Å². The van der Waals surface area contributed by atoms with Gasteiger partial charge in [0.2, 0.25) is 0 Å². The third-order valence-electron chi connectivity index (χ3n) is 3.13. The molecule has 1 heterocycles. The van der Waals surface area contributed by atoms with Gasteiger partial charge in [-0.2, -0.15) is 0 Å². The Kier molecular flexibility index (Phi) is 4.96. The summed E-state index contributed by atoms with van der Waals surface area (Å²) in [6.07, 6.45) is 0. The lowest BCUT2D eigenvalue weighted by molar-refractivity contribution is 0.415. The van der Waals surface area contributed by atoms with Gasteiger partial charge < -0.3 is 15.0 Å². The number of nitrogens with one attached hydrogen (secondary N) is 1. The van der Waals surface area contributed by atoms with Gasteiger partial charge in [0.1, 0.15) is 5.75 Å². The predicted molar refractivity (Wildman–Crippen MR) is 82.1 cm³/mol. The molecule has 0 spiro atoms. The molecule has 0 bridgehead atoms. The molecular formula is C16H21N3O. The van der Waals surface area contributed by atoms with Gasteiger partial charge in [0, 0.05) is 19.3 Å². The number of pyridine rings is 1. The number of ether oxygens (including phenoxy) is 1. The second-order valence-electron chi connectivity index (χ2n) is 4.70. The van der Waals surface area contributed by atoms with Crippen molar-refractivity contribution in [1.82, 2.24) is 10.3 Å². The van der Waals surface area contributed by atoms with E-state index >= 15 is 0 Å². The summed E-state index contributed by atoms with van der Waals surface area (Å²) in [4.78, 5) is 6.80. The average Bonchev–Trinajstić information content (AvgIpc) is 2.48. The fraction of sp³-hybridized carbons (Fsp3) is 0.312. The minimum absolute atomic E-state index is 0.782. The monoisotopic (exact) mass is 271 g/mol. The van der Waals surface area contributed by atoms with Gasteiger partial charge in [0.15, 0.2) is 0 Å². The number of nitrogens with zero attached hydrogens (tertiary/aromatic N) is 2. The first-order valence-corrected chi connectivity index (χ1v) is 6.67. The number of aromatic nitrogens is 1. The number of anilines is 1. The molecule has 0 aliphatic carbocycles. The highest BCUT2D eigenvalue weighted by Crippen LogP contribution is 2.19. The van der Waals surface area contributed by atoms with Gasteiger partial charge in [0.05, 0.1) is 25.0 Å². The van der Waals surface area contributed by atoms with E-state index < -0.39 is 0 Å². The van der Waals surface area contributed by atoms with Crippen LogP contribution in [0.1, 0.15) is 11.4 Å². The van der Waals surface area contributed by atoms with Crippen LogP contribution >= 0.6 is 0 Å². The minimum atomic E-state index is 0.782. The fourth-order valence-electron chi connectivity index (χ4n) is 2.07. The summed E-state index contributed by atoms with van der Waals surface area (Å²) in [6, 6.07) is 14.2. The molecule has 0 fully saturated rings. The van der Waals surface area contributed by atoms with E-state index in [1.165, 1.54) is 0 Å². The normalized spacial score (nSPS) is 10.3. The molecule has 4 heteroatoms. The van der Waals surface area contributed by atoms with E-state index in [0.29, 0.717) is 0 Å². The van der Waals surface area contributed by atoms with Crippen molar-refractivity contribution in [2.24, 2.45) is 0 Å². The van der Waals surface area contributed by atoms with E-state index in [9.17, 15) is 0 Å². The van der Waals surface area contributed by atoms with Crippen LogP contribution < -0.4 is 15.0 Å². The Hall–Kier alpha value is -2.07. The van der Waals surface area contributed by atoms with Crippen molar-refractivity contribution in [3.8, 4) is 5.75 Å². The SMILES string of the molecule is CNCc1cccc(CN(C)c2ccc(OC)cc2)n1. The molecule has 0 aliphatic heterocycles. The molecule has 0 amide bonds. The van der Waals surface area contributed by atoms with Gasteiger partial charge in [-0.3, -0.25) is 4.98 Å². The van der Waals surface area contributed by atoms with Gasteiger partial charge >= 0.3 is 0 Å². The van der Waals surface area contributed by atoms with Crippen molar-refractivity contribution in [1.29, 1.82) is 0 Å². The lowest BCUT2D eigenvalue weighted by Gasteiger charge is -2.19. The van der Waals surface area contributed by atoms with E-state index in [1.54, 1.807) is 7.11 Å². The van der Waals surface area contributed by atoms with E-state index in [0.717, 1.165) is 35.9 Å². The summed E-state index contributed by atoms with van der Waals surface area (Å²) < 4.78 is 5.17. The molecule has 0 aliphatic rings. The molecule has 1 N–H and O–H groups in total. The number of rotatable bonds is 6. The maximum Gasteiger partial charge on any atom is 0.119 e. The van der Waals surface area contributed by atoms with Crippen LogP contribution in [0.5, 0.6) is 5.75 Å². The van der Waals surface area contributed by atoms with Crippen LogP contribution in [-0.4, -0.2) is 26.2 Å². The van der Waals surface area contributed by atoms with E-state index in [1.807, 2.05) is 25.2 Å². The molecule has 1 aromatic heterocycles. The summed E-state index contributed by atoms with van der Waals surface area (Å²) in [5.41, 5.74) is 3.27. The number of hydrogen-bond donors (Lipinski definition) is 1. The molecule has 1 aromatic carbocycles. The summed E-state index contributed by atoms with van der Waals surface area (Å²) in [5.74, 6) is 0.872. The Labute approximate surface area is 120 Å². The summed E-state index contributed by atoms with van der Waals surface area (Å²) in [7, 11) is 5.67. The second kappa shape index (κ2) is 6.91. The highest BCUT2D eigenvalue weighted by molar-refractivity contribution is 5.48. The molecule has 106 valence electrons. The number of benzene rings is 1. The summed E-state index contributed by atoms with van der Waals surface area (Å²) in [5, 5.41) is 3.12. The van der Waals surface area contributed by atoms with Crippen LogP contribution in [0.2, 0.25) is 0 Å². The predicted octanol–water partition coefficient (Wildman–Crippen LogP) is 2.45. The van der Waals surface area contributed by atoms with Crippen LogP contribution in [0.25, 0.3) is 0 Å². The van der Waals surface area contributed by atoms with Gasteiger partial charge in [-0.1, -0.05) is 6.07 Å². The van der Waals surface area contributed by atoms with E-state index in [2.05, 4.69) is 46.5 Å². The van der Waals surface area contributed by atoms with Crippen LogP contribution in [-0.2, 0) is 13.1 Å². The Balaban J connectivity index is 2.06. The molecule has 0 saturated carbocycles. The van der Waals surface area contributed by atoms with Crippen LogP contribution in [0.4, 0.5) is 5.69 Å². The van der Waals surface area contributed by atoms with Crippen LogP contribution in [0, 0.1) is 0 Å². The average molecular weight is 271 g/mol. The summed E-state index contributed by atoms with van der Waals surface area (Å²) in [6.45, 7) is 1.57. The standard InChI is InChI=1S/C16H21N3O/c1-17-11-13-5-4-6-14(18-13)12-19(2)15-7-9-16(20-3)10-8-15/h4-10,17H,11-12H2,1-3H3. The highest BCUT2D eigenvalue weighted by atomic mass is 16.5. The Morgan fingerprint density at radius 2 is 1.80 bits per heavy atom. The van der Waals surface area contributed by atoms with Crippen molar-refractivity contribution < 1.29 is 4.74 Å². The zero-order valence-corrected chi connectivity index (χ0v) is 12.3. The quantitative estimate of drug-likeness (QED) is 0.875. The summed E-state index contributed by atoms with van der Waals surface area (Å²) >= 11 is 0. The minimum Gasteiger partial charge on any atom is -0.497 e. The zero-order valence-electron chi connectivity index (χ0n) is 12.3. The molecular weight excluding hydrogens is 250 g/mol. The van der Waals surface area contributed by atoms with Crippen molar-refractivity contribution in [2.45, 2.75) is 13.1 Å². The largest absolute Gasteiger partial charge is 0.497 e. The first-order chi connectivity index (χ1) is 9.72. The number of hydrogen-bond acceptors (Lipinski definition) is 4. The van der Waals surface area contributed by atoms with Gasteiger partial charge in [0.25, 0.3) is 0 Å². The lowest BCUT2D eigenvalue weighted by atomic mass is 10.2. The molecule has 2 rings (SSSR count). The molecule has 2 aromatic rings. The van der Waals surface area contributed by atoms with Crippen molar-refractivity contribution in [3.63, 3.8) is 0 Å². The third kappa shape index (κ3) is 3.71. The van der Waals surface area contributed by atoms with Gasteiger partial charge in [-0.25, -0.2) is 0 Å². The molecule has 4 nitrogen and oxygen atoms in total. The lowest BCUT2D eigenvalue weighted by Crippen LogP contribution is -2.18. The first-order valence-electron chi connectivity index (χ1n) is 6.67. The van der Waals surface area contributed by atoms with Gasteiger partial charge in [-0.15, -0.1) is 0 Å². The van der Waals surface area contributed by atoms with Crippen molar-refractivity contribution in [2.75, 3.05) is 26.1 Å². The maximum atomic E-state index is 5.17.